The van der Waals surface area contributed by atoms with E-state index < -0.39 is 0 Å². The molecule has 0 bridgehead atoms. The summed E-state index contributed by atoms with van der Waals surface area (Å²) in [4.78, 5) is 14.9. The van der Waals surface area contributed by atoms with Gasteiger partial charge in [0.25, 0.3) is 5.91 Å². The minimum Gasteiger partial charge on any atom is -0.477 e. The van der Waals surface area contributed by atoms with E-state index in [0.29, 0.717) is 23.3 Å². The summed E-state index contributed by atoms with van der Waals surface area (Å²) in [6.07, 6.45) is 3.59. The quantitative estimate of drug-likeness (QED) is 0.841. The fraction of sp³-hybridized carbons (Fsp3) is 0.444. The fourth-order valence-electron chi connectivity index (χ4n) is 3.29. The van der Waals surface area contributed by atoms with Gasteiger partial charge in [-0.25, -0.2) is 4.68 Å². The van der Waals surface area contributed by atoms with Gasteiger partial charge in [-0.05, 0) is 12.0 Å². The first-order valence-corrected chi connectivity index (χ1v) is 9.52. The third kappa shape index (κ3) is 3.02. The Morgan fingerprint density at radius 3 is 2.96 bits per heavy atom. The number of carbonyl (C=O) groups excluding carboxylic acids is 1. The highest BCUT2D eigenvalue weighted by Crippen LogP contribution is 2.35. The number of hydrogen-bond acceptors (Lipinski definition) is 4. The highest BCUT2D eigenvalue weighted by molar-refractivity contribution is 7.99. The molecule has 2 aromatic rings. The maximum atomic E-state index is 12.9. The number of fused-ring (bicyclic) bond motifs is 1. The van der Waals surface area contributed by atoms with Gasteiger partial charge >= 0.3 is 0 Å². The van der Waals surface area contributed by atoms with Crippen LogP contribution in [0.15, 0.2) is 36.5 Å². The van der Waals surface area contributed by atoms with Crippen LogP contribution in [0.4, 0.5) is 0 Å². The summed E-state index contributed by atoms with van der Waals surface area (Å²) in [6.45, 7) is 3.04. The number of ether oxygens (including phenoxy) is 1. The van der Waals surface area contributed by atoms with Crippen LogP contribution in [0.2, 0.25) is 0 Å². The molecule has 126 valence electrons. The average molecular weight is 343 g/mol. The summed E-state index contributed by atoms with van der Waals surface area (Å²) in [5.74, 6) is 1.64. The molecule has 1 atom stereocenters. The van der Waals surface area contributed by atoms with Gasteiger partial charge in [-0.2, -0.15) is 16.9 Å². The predicted octanol–water partition coefficient (Wildman–Crippen LogP) is 2.99. The Morgan fingerprint density at radius 1 is 1.21 bits per heavy atom. The molecule has 0 unspecified atom stereocenters. The monoisotopic (exact) mass is 343 g/mol. The number of thioether (sulfide) groups is 1. The van der Waals surface area contributed by atoms with Crippen LogP contribution in [0.5, 0.6) is 5.88 Å². The smallest absolute Gasteiger partial charge is 0.261 e. The molecule has 1 aromatic heterocycles. The van der Waals surface area contributed by atoms with Crippen molar-refractivity contribution in [3.63, 3.8) is 0 Å². The SMILES string of the molecule is O=C(c1cnn2c1OCCC2)N1CCS[C@H](c2ccccc2)CC1. The molecular weight excluding hydrogens is 322 g/mol. The van der Waals surface area contributed by atoms with Crippen LogP contribution in [0.3, 0.4) is 0 Å². The van der Waals surface area contributed by atoms with Gasteiger partial charge < -0.3 is 9.64 Å². The van der Waals surface area contributed by atoms with Gasteiger partial charge in [0.1, 0.15) is 5.56 Å². The van der Waals surface area contributed by atoms with Crippen molar-refractivity contribution in [2.24, 2.45) is 0 Å². The first-order valence-electron chi connectivity index (χ1n) is 8.47. The van der Waals surface area contributed by atoms with Gasteiger partial charge in [-0.3, -0.25) is 4.79 Å². The van der Waals surface area contributed by atoms with Crippen molar-refractivity contribution in [3.8, 4) is 5.88 Å². The van der Waals surface area contributed by atoms with E-state index in [-0.39, 0.29) is 5.91 Å². The number of nitrogens with zero attached hydrogens (tertiary/aromatic N) is 3. The lowest BCUT2D eigenvalue weighted by atomic mass is 10.1. The van der Waals surface area contributed by atoms with Crippen LogP contribution in [-0.2, 0) is 6.54 Å². The van der Waals surface area contributed by atoms with E-state index in [9.17, 15) is 4.79 Å². The number of carbonyl (C=O) groups is 1. The Hall–Kier alpha value is -1.95. The van der Waals surface area contributed by atoms with E-state index in [1.165, 1.54) is 5.56 Å². The number of aromatic nitrogens is 2. The number of benzene rings is 1. The molecule has 5 nitrogen and oxygen atoms in total. The fourth-order valence-corrected chi connectivity index (χ4v) is 4.52. The van der Waals surface area contributed by atoms with Gasteiger partial charge in [-0.15, -0.1) is 0 Å². The first-order chi connectivity index (χ1) is 11.8. The molecule has 0 radical (unpaired) electrons. The summed E-state index contributed by atoms with van der Waals surface area (Å²) >= 11 is 1.94. The second kappa shape index (κ2) is 6.89. The highest BCUT2D eigenvalue weighted by atomic mass is 32.2. The van der Waals surface area contributed by atoms with Gasteiger partial charge in [0.15, 0.2) is 0 Å². The topological polar surface area (TPSA) is 47.4 Å². The van der Waals surface area contributed by atoms with E-state index >= 15 is 0 Å². The largest absolute Gasteiger partial charge is 0.477 e. The molecule has 1 amide bonds. The molecule has 24 heavy (non-hydrogen) atoms. The molecule has 1 saturated heterocycles. The Morgan fingerprint density at radius 2 is 2.08 bits per heavy atom. The molecule has 3 heterocycles. The molecule has 2 aliphatic rings. The van der Waals surface area contributed by atoms with E-state index in [0.717, 1.165) is 38.2 Å². The van der Waals surface area contributed by atoms with Crippen molar-refractivity contribution in [3.05, 3.63) is 47.7 Å². The van der Waals surface area contributed by atoms with Crippen molar-refractivity contribution in [2.45, 2.75) is 24.6 Å². The minimum absolute atomic E-state index is 0.0486. The van der Waals surface area contributed by atoms with Crippen molar-refractivity contribution >= 4 is 17.7 Å². The summed E-state index contributed by atoms with van der Waals surface area (Å²) < 4.78 is 7.48. The molecule has 0 spiro atoms. The third-order valence-corrected chi connectivity index (χ3v) is 5.90. The normalized spacial score (nSPS) is 20.8. The minimum atomic E-state index is 0.0486. The van der Waals surface area contributed by atoms with Crippen LogP contribution in [0, 0.1) is 0 Å². The summed E-state index contributed by atoms with van der Waals surface area (Å²) in [6, 6.07) is 10.6. The molecule has 0 N–H and O–H groups in total. The van der Waals surface area contributed by atoms with Gasteiger partial charge in [0.2, 0.25) is 5.88 Å². The maximum Gasteiger partial charge on any atom is 0.261 e. The molecule has 1 aromatic carbocycles. The molecular formula is C18H21N3O2S. The standard InChI is InChI=1S/C18H21N3O2S/c22-17(15-13-19-21-8-4-11-23-18(15)21)20-9-7-16(24-12-10-20)14-5-2-1-3-6-14/h1-3,5-6,13,16H,4,7-12H2/t16-/m0/s1. The second-order valence-corrected chi connectivity index (χ2v) is 7.45. The zero-order chi connectivity index (χ0) is 16.4. The molecule has 0 saturated carbocycles. The van der Waals surface area contributed by atoms with Crippen molar-refractivity contribution in [2.75, 3.05) is 25.4 Å². The number of hydrogen-bond donors (Lipinski definition) is 0. The molecule has 2 aliphatic heterocycles. The van der Waals surface area contributed by atoms with Crippen molar-refractivity contribution in [1.82, 2.24) is 14.7 Å². The van der Waals surface area contributed by atoms with Gasteiger partial charge in [0.05, 0.1) is 12.8 Å². The zero-order valence-corrected chi connectivity index (χ0v) is 14.4. The summed E-state index contributed by atoms with van der Waals surface area (Å²) in [5.41, 5.74) is 1.96. The Labute approximate surface area is 146 Å². The van der Waals surface area contributed by atoms with Crippen molar-refractivity contribution in [1.29, 1.82) is 0 Å². The second-order valence-electron chi connectivity index (χ2n) is 6.14. The van der Waals surface area contributed by atoms with E-state index in [2.05, 4.69) is 29.4 Å². The number of amides is 1. The Bertz CT molecular complexity index is 716. The lowest BCUT2D eigenvalue weighted by molar-refractivity contribution is 0.0759. The van der Waals surface area contributed by atoms with Crippen molar-refractivity contribution < 1.29 is 9.53 Å². The highest BCUT2D eigenvalue weighted by Gasteiger charge is 2.28. The maximum absolute atomic E-state index is 12.9. The van der Waals surface area contributed by atoms with Gasteiger partial charge in [-0.1, -0.05) is 30.3 Å². The van der Waals surface area contributed by atoms with Crippen LogP contribution >= 0.6 is 11.8 Å². The number of aryl methyl sites for hydroxylation is 1. The average Bonchev–Trinajstić information content (AvgIpc) is 2.91. The first kappa shape index (κ1) is 15.6. The summed E-state index contributed by atoms with van der Waals surface area (Å²) in [5, 5.41) is 4.76. The van der Waals surface area contributed by atoms with Crippen LogP contribution in [0.25, 0.3) is 0 Å². The Balaban J connectivity index is 1.47. The molecule has 1 fully saturated rings. The third-order valence-electron chi connectivity index (χ3n) is 4.57. The van der Waals surface area contributed by atoms with Crippen LogP contribution in [0.1, 0.15) is 34.0 Å². The van der Waals surface area contributed by atoms with E-state index in [1.807, 2.05) is 22.7 Å². The number of rotatable bonds is 2. The lowest BCUT2D eigenvalue weighted by Crippen LogP contribution is -2.33. The van der Waals surface area contributed by atoms with Gasteiger partial charge in [0, 0.05) is 37.1 Å². The zero-order valence-electron chi connectivity index (χ0n) is 13.6. The predicted molar refractivity (Wildman–Crippen MR) is 94.5 cm³/mol. The Kier molecular flexibility index (Phi) is 4.47. The molecule has 0 aliphatic carbocycles. The summed E-state index contributed by atoms with van der Waals surface area (Å²) in [7, 11) is 0. The van der Waals surface area contributed by atoms with Crippen LogP contribution < -0.4 is 4.74 Å². The van der Waals surface area contributed by atoms with E-state index in [4.69, 9.17) is 4.74 Å². The molecule has 4 rings (SSSR count). The van der Waals surface area contributed by atoms with Crippen LogP contribution in [-0.4, -0.2) is 46.0 Å². The lowest BCUT2D eigenvalue weighted by Gasteiger charge is -2.21. The van der Waals surface area contributed by atoms with E-state index in [1.54, 1.807) is 10.9 Å². The molecule has 6 heteroatoms.